The molecule has 0 aromatic heterocycles. The topological polar surface area (TPSA) is 69.7 Å². The number of carbonyl (C=O) groups is 3. The number of likely N-dealkylation sites (N-methyl/N-ethyl adjacent to an activating group) is 2. The summed E-state index contributed by atoms with van der Waals surface area (Å²) in [6, 6.07) is 5.30. The van der Waals surface area contributed by atoms with Crippen LogP contribution in [0.15, 0.2) is 18.2 Å². The molecule has 1 fully saturated rings. The minimum absolute atomic E-state index is 0.00362. The molecule has 1 N–H and O–H groups in total. The third kappa shape index (κ3) is 3.13. The maximum absolute atomic E-state index is 12.1. The van der Waals surface area contributed by atoms with Gasteiger partial charge in [0.1, 0.15) is 6.04 Å². The minimum Gasteiger partial charge on any atom is -0.352 e. The van der Waals surface area contributed by atoms with Crippen molar-refractivity contribution in [2.75, 3.05) is 14.1 Å². The van der Waals surface area contributed by atoms with Gasteiger partial charge >= 0.3 is 6.03 Å². The van der Waals surface area contributed by atoms with E-state index in [9.17, 15) is 14.4 Å². The third-order valence-corrected chi connectivity index (χ3v) is 4.95. The van der Waals surface area contributed by atoms with Gasteiger partial charge in [0.05, 0.1) is 6.42 Å². The number of urea groups is 1. The summed E-state index contributed by atoms with van der Waals surface area (Å²) in [6.45, 7) is 0.445. The van der Waals surface area contributed by atoms with Gasteiger partial charge in [-0.05, 0) is 42.4 Å². The van der Waals surface area contributed by atoms with Gasteiger partial charge in [-0.2, -0.15) is 0 Å². The Balaban J connectivity index is 1.56. The van der Waals surface area contributed by atoms with Crippen molar-refractivity contribution < 1.29 is 14.4 Å². The molecule has 1 aromatic rings. The van der Waals surface area contributed by atoms with E-state index in [-0.39, 0.29) is 24.3 Å². The highest BCUT2D eigenvalue weighted by Crippen LogP contribution is 2.22. The van der Waals surface area contributed by atoms with Gasteiger partial charge < -0.3 is 10.2 Å². The molecule has 1 aromatic carbocycles. The molecule has 1 heterocycles. The van der Waals surface area contributed by atoms with Crippen LogP contribution in [-0.4, -0.2) is 47.8 Å². The Morgan fingerprint density at radius 1 is 1.17 bits per heavy atom. The standard InChI is InChI=1S/C18H23N3O3/c1-20-15(17(23)21(2)18(20)24)10-16(22)19-11-12-7-8-13-5-3-4-6-14(13)9-12/h7-9,15H,3-6,10-11H2,1-2H3,(H,19,22). The SMILES string of the molecule is CN1C(=O)C(CC(=O)NCc2ccc3c(c2)CCCC3)N(C)C1=O. The number of fused-ring (bicyclic) bond motifs is 1. The monoisotopic (exact) mass is 329 g/mol. The van der Waals surface area contributed by atoms with Gasteiger partial charge in [0.15, 0.2) is 0 Å². The van der Waals surface area contributed by atoms with E-state index < -0.39 is 6.04 Å². The Bertz CT molecular complexity index is 686. The molecule has 6 nitrogen and oxygen atoms in total. The van der Waals surface area contributed by atoms with Crippen molar-refractivity contribution in [2.24, 2.45) is 0 Å². The summed E-state index contributed by atoms with van der Waals surface area (Å²) in [5.41, 5.74) is 3.87. The summed E-state index contributed by atoms with van der Waals surface area (Å²) < 4.78 is 0. The molecule has 1 unspecified atom stereocenters. The fourth-order valence-corrected chi connectivity index (χ4v) is 3.42. The molecular weight excluding hydrogens is 306 g/mol. The first kappa shape index (κ1) is 16.5. The number of hydrogen-bond acceptors (Lipinski definition) is 3. The molecule has 0 radical (unpaired) electrons. The van der Waals surface area contributed by atoms with E-state index in [1.54, 1.807) is 7.05 Å². The van der Waals surface area contributed by atoms with Crippen molar-refractivity contribution in [3.05, 3.63) is 34.9 Å². The van der Waals surface area contributed by atoms with Gasteiger partial charge in [0.2, 0.25) is 5.91 Å². The van der Waals surface area contributed by atoms with E-state index in [0.29, 0.717) is 6.54 Å². The number of carbonyl (C=O) groups excluding carboxylic acids is 3. The van der Waals surface area contributed by atoms with Crippen molar-refractivity contribution in [2.45, 2.75) is 44.7 Å². The van der Waals surface area contributed by atoms with E-state index in [2.05, 4.69) is 23.5 Å². The quantitative estimate of drug-likeness (QED) is 0.850. The molecule has 0 saturated carbocycles. The first-order valence-corrected chi connectivity index (χ1v) is 8.39. The van der Waals surface area contributed by atoms with Crippen molar-refractivity contribution >= 4 is 17.8 Å². The summed E-state index contributed by atoms with van der Waals surface area (Å²) in [4.78, 5) is 38.2. The van der Waals surface area contributed by atoms with Gasteiger partial charge in [-0.15, -0.1) is 0 Å². The Morgan fingerprint density at radius 2 is 1.88 bits per heavy atom. The Hall–Kier alpha value is -2.37. The highest BCUT2D eigenvalue weighted by atomic mass is 16.2. The Kier molecular flexibility index (Phi) is 4.55. The number of nitrogens with one attached hydrogen (secondary N) is 1. The predicted octanol–water partition coefficient (Wildman–Crippen LogP) is 1.46. The van der Waals surface area contributed by atoms with Crippen LogP contribution in [-0.2, 0) is 29.0 Å². The lowest BCUT2D eigenvalue weighted by Crippen LogP contribution is -2.37. The van der Waals surface area contributed by atoms with Gasteiger partial charge in [-0.1, -0.05) is 18.2 Å². The molecule has 24 heavy (non-hydrogen) atoms. The second-order valence-corrected chi connectivity index (χ2v) is 6.60. The zero-order valence-corrected chi connectivity index (χ0v) is 14.2. The van der Waals surface area contributed by atoms with Crippen molar-refractivity contribution in [3.63, 3.8) is 0 Å². The first-order valence-electron chi connectivity index (χ1n) is 8.39. The third-order valence-electron chi connectivity index (χ3n) is 4.95. The van der Waals surface area contributed by atoms with Gasteiger partial charge in [-0.25, -0.2) is 4.79 Å². The summed E-state index contributed by atoms with van der Waals surface area (Å²) >= 11 is 0. The fourth-order valence-electron chi connectivity index (χ4n) is 3.42. The van der Waals surface area contributed by atoms with Crippen LogP contribution in [0.25, 0.3) is 0 Å². The van der Waals surface area contributed by atoms with Crippen LogP contribution in [0.2, 0.25) is 0 Å². The van der Waals surface area contributed by atoms with Gasteiger partial charge in [-0.3, -0.25) is 14.5 Å². The second-order valence-electron chi connectivity index (χ2n) is 6.60. The molecule has 0 bridgehead atoms. The van der Waals surface area contributed by atoms with Gasteiger partial charge in [0.25, 0.3) is 5.91 Å². The predicted molar refractivity (Wildman–Crippen MR) is 89.3 cm³/mol. The summed E-state index contributed by atoms with van der Waals surface area (Å²) in [7, 11) is 2.98. The van der Waals surface area contributed by atoms with E-state index in [1.807, 2.05) is 0 Å². The summed E-state index contributed by atoms with van der Waals surface area (Å²) in [6.07, 6.45) is 4.71. The number of aryl methyl sites for hydroxylation is 2. The normalized spacial score (nSPS) is 20.3. The molecular formula is C18H23N3O3. The van der Waals surface area contributed by atoms with Crippen molar-refractivity contribution in [3.8, 4) is 0 Å². The fraction of sp³-hybridized carbons (Fsp3) is 0.500. The van der Waals surface area contributed by atoms with Crippen molar-refractivity contribution in [1.29, 1.82) is 0 Å². The molecule has 2 aliphatic rings. The molecule has 1 saturated heterocycles. The van der Waals surface area contributed by atoms with E-state index in [1.165, 1.54) is 35.9 Å². The molecule has 1 atom stereocenters. The van der Waals surface area contributed by atoms with E-state index >= 15 is 0 Å². The van der Waals surface area contributed by atoms with Gasteiger partial charge in [0, 0.05) is 20.6 Å². The largest absolute Gasteiger partial charge is 0.352 e. The van der Waals surface area contributed by atoms with E-state index in [0.717, 1.165) is 23.3 Å². The lowest BCUT2D eigenvalue weighted by Gasteiger charge is -2.17. The average molecular weight is 329 g/mol. The van der Waals surface area contributed by atoms with Crippen LogP contribution in [0.3, 0.4) is 0 Å². The van der Waals surface area contributed by atoms with Crippen LogP contribution in [0.5, 0.6) is 0 Å². The molecule has 3 rings (SSSR count). The zero-order chi connectivity index (χ0) is 17.3. The maximum atomic E-state index is 12.1. The van der Waals surface area contributed by atoms with Crippen LogP contribution in [0, 0.1) is 0 Å². The smallest absolute Gasteiger partial charge is 0.326 e. The van der Waals surface area contributed by atoms with Crippen LogP contribution >= 0.6 is 0 Å². The van der Waals surface area contributed by atoms with Crippen LogP contribution in [0.1, 0.15) is 36.0 Å². The van der Waals surface area contributed by atoms with Crippen LogP contribution in [0.4, 0.5) is 4.79 Å². The highest BCUT2D eigenvalue weighted by Gasteiger charge is 2.41. The Morgan fingerprint density at radius 3 is 2.54 bits per heavy atom. The second kappa shape index (κ2) is 6.63. The lowest BCUT2D eigenvalue weighted by molar-refractivity contribution is -0.131. The number of amides is 4. The number of nitrogens with zero attached hydrogens (tertiary/aromatic N) is 2. The van der Waals surface area contributed by atoms with Crippen molar-refractivity contribution in [1.82, 2.24) is 15.1 Å². The highest BCUT2D eigenvalue weighted by molar-refractivity contribution is 6.05. The summed E-state index contributed by atoms with van der Waals surface area (Å²) in [5, 5.41) is 2.86. The number of benzene rings is 1. The average Bonchev–Trinajstić information content (AvgIpc) is 2.77. The number of hydrogen-bond donors (Lipinski definition) is 1. The van der Waals surface area contributed by atoms with E-state index in [4.69, 9.17) is 0 Å². The van der Waals surface area contributed by atoms with Crippen LogP contribution < -0.4 is 5.32 Å². The number of rotatable bonds is 4. The molecule has 128 valence electrons. The lowest BCUT2D eigenvalue weighted by atomic mass is 9.90. The summed E-state index contributed by atoms with van der Waals surface area (Å²) in [5.74, 6) is -0.549. The molecule has 1 aliphatic heterocycles. The molecule has 6 heteroatoms. The number of imide groups is 1. The first-order chi connectivity index (χ1) is 11.5. The molecule has 4 amide bonds. The molecule has 0 spiro atoms. The zero-order valence-electron chi connectivity index (χ0n) is 14.2. The Labute approximate surface area is 141 Å². The maximum Gasteiger partial charge on any atom is 0.326 e. The molecule has 1 aliphatic carbocycles. The minimum atomic E-state index is -0.703.